The molecule has 4 rings (SSSR count). The van der Waals surface area contributed by atoms with Crippen molar-refractivity contribution in [2.45, 2.75) is 0 Å². The number of fused-ring (bicyclic) bond motifs is 2. The topological polar surface area (TPSA) is 56.9 Å². The summed E-state index contributed by atoms with van der Waals surface area (Å²) in [6.07, 6.45) is 0. The highest BCUT2D eigenvalue weighted by molar-refractivity contribution is 6.31. The van der Waals surface area contributed by atoms with Crippen LogP contribution in [0.5, 0.6) is 0 Å². The van der Waals surface area contributed by atoms with Crippen LogP contribution in [0.15, 0.2) is 66.7 Å². The first-order chi connectivity index (χ1) is 11.7. The van der Waals surface area contributed by atoms with Crippen LogP contribution in [0.2, 0.25) is 5.02 Å². The Bertz CT molecular complexity index is 1050. The van der Waals surface area contributed by atoms with E-state index in [0.29, 0.717) is 10.7 Å². The van der Waals surface area contributed by atoms with Crippen molar-refractivity contribution in [1.29, 1.82) is 0 Å². The van der Waals surface area contributed by atoms with E-state index in [4.69, 9.17) is 11.6 Å². The summed E-state index contributed by atoms with van der Waals surface area (Å²) in [5.74, 6) is -0.240. The van der Waals surface area contributed by atoms with Crippen LogP contribution in [0.4, 0.5) is 5.69 Å². The first-order valence-electron chi connectivity index (χ1n) is 7.52. The Labute approximate surface area is 143 Å². The van der Waals surface area contributed by atoms with Crippen LogP contribution >= 0.6 is 11.6 Å². The minimum Gasteiger partial charge on any atom is -0.350 e. The largest absolute Gasteiger partial charge is 0.350 e. The Kier molecular flexibility index (Phi) is 3.59. The summed E-state index contributed by atoms with van der Waals surface area (Å²) in [5.41, 5.74) is 7.81. The normalized spacial score (nSPS) is 10.9. The molecular weight excluding hydrogens is 322 g/mol. The van der Waals surface area contributed by atoms with Gasteiger partial charge in [0.2, 0.25) is 0 Å². The zero-order valence-corrected chi connectivity index (χ0v) is 13.4. The molecule has 4 nitrogen and oxygen atoms in total. The molecule has 1 heterocycles. The third-order valence-corrected chi connectivity index (χ3v) is 4.13. The predicted octanol–water partition coefficient (Wildman–Crippen LogP) is 4.73. The number of hydrogen-bond donors (Lipinski definition) is 3. The summed E-state index contributed by atoms with van der Waals surface area (Å²) in [6.45, 7) is 0. The molecular formula is C19H14ClN3O. The van der Waals surface area contributed by atoms with Gasteiger partial charge in [0.05, 0.1) is 5.69 Å². The van der Waals surface area contributed by atoms with Crippen LogP contribution in [-0.2, 0) is 0 Å². The summed E-state index contributed by atoms with van der Waals surface area (Å²) >= 11 is 5.97. The van der Waals surface area contributed by atoms with E-state index in [1.54, 1.807) is 12.1 Å². The van der Waals surface area contributed by atoms with Gasteiger partial charge in [0.15, 0.2) is 0 Å². The molecule has 0 spiro atoms. The maximum atomic E-state index is 12.3. The lowest BCUT2D eigenvalue weighted by Crippen LogP contribution is -2.29. The smallest absolute Gasteiger partial charge is 0.286 e. The van der Waals surface area contributed by atoms with Gasteiger partial charge < -0.3 is 4.98 Å². The Morgan fingerprint density at radius 2 is 1.71 bits per heavy atom. The number of halogens is 1. The van der Waals surface area contributed by atoms with Crippen molar-refractivity contribution < 1.29 is 4.79 Å². The fraction of sp³-hybridized carbons (Fsp3) is 0. The molecule has 0 aliphatic heterocycles. The highest BCUT2D eigenvalue weighted by atomic mass is 35.5. The molecule has 0 bridgehead atoms. The first-order valence-corrected chi connectivity index (χ1v) is 7.90. The second-order valence-electron chi connectivity index (χ2n) is 5.56. The van der Waals surface area contributed by atoms with Crippen molar-refractivity contribution in [3.05, 3.63) is 77.4 Å². The van der Waals surface area contributed by atoms with Gasteiger partial charge in [-0.25, -0.2) is 0 Å². The minimum absolute atomic E-state index is 0.240. The van der Waals surface area contributed by atoms with E-state index in [2.05, 4.69) is 15.8 Å². The molecule has 0 saturated heterocycles. The molecule has 0 aliphatic carbocycles. The van der Waals surface area contributed by atoms with E-state index in [9.17, 15) is 4.79 Å². The zero-order chi connectivity index (χ0) is 16.5. The Morgan fingerprint density at radius 3 is 2.58 bits per heavy atom. The van der Waals surface area contributed by atoms with Crippen LogP contribution < -0.4 is 10.9 Å². The molecule has 1 aromatic heterocycles. The summed E-state index contributed by atoms with van der Waals surface area (Å²) < 4.78 is 0. The van der Waals surface area contributed by atoms with E-state index >= 15 is 0 Å². The van der Waals surface area contributed by atoms with Crippen molar-refractivity contribution in [2.75, 3.05) is 5.43 Å². The third kappa shape index (κ3) is 2.79. The minimum atomic E-state index is -0.240. The van der Waals surface area contributed by atoms with Crippen molar-refractivity contribution in [1.82, 2.24) is 10.4 Å². The number of aromatic nitrogens is 1. The maximum absolute atomic E-state index is 12.3. The van der Waals surface area contributed by atoms with Gasteiger partial charge in [0.1, 0.15) is 5.69 Å². The van der Waals surface area contributed by atoms with Gasteiger partial charge in [-0.2, -0.15) is 0 Å². The Balaban J connectivity index is 1.52. The molecule has 24 heavy (non-hydrogen) atoms. The molecule has 1 amide bonds. The molecule has 0 atom stereocenters. The van der Waals surface area contributed by atoms with Gasteiger partial charge in [-0.15, -0.1) is 0 Å². The van der Waals surface area contributed by atoms with Crippen LogP contribution in [0.25, 0.3) is 21.7 Å². The second-order valence-corrected chi connectivity index (χ2v) is 5.99. The van der Waals surface area contributed by atoms with Crippen LogP contribution in [0.3, 0.4) is 0 Å². The number of carbonyl (C=O) groups is 1. The fourth-order valence-electron chi connectivity index (χ4n) is 2.69. The zero-order valence-electron chi connectivity index (χ0n) is 12.6. The molecule has 0 aliphatic rings. The number of nitrogens with one attached hydrogen (secondary N) is 3. The number of carbonyl (C=O) groups excluding carboxylic acids is 1. The van der Waals surface area contributed by atoms with E-state index in [1.165, 1.54) is 0 Å². The molecule has 3 N–H and O–H groups in total. The molecule has 0 fully saturated rings. The van der Waals surface area contributed by atoms with Gasteiger partial charge in [0, 0.05) is 15.9 Å². The number of anilines is 1. The van der Waals surface area contributed by atoms with Gasteiger partial charge >= 0.3 is 0 Å². The van der Waals surface area contributed by atoms with Crippen molar-refractivity contribution >= 4 is 44.9 Å². The lowest BCUT2D eigenvalue weighted by atomic mass is 10.1. The van der Waals surface area contributed by atoms with Crippen molar-refractivity contribution in [3.8, 4) is 0 Å². The van der Waals surface area contributed by atoms with Crippen molar-refractivity contribution in [3.63, 3.8) is 0 Å². The highest BCUT2D eigenvalue weighted by Gasteiger charge is 2.09. The van der Waals surface area contributed by atoms with Crippen LogP contribution in [-0.4, -0.2) is 10.9 Å². The first kappa shape index (κ1) is 14.6. The second kappa shape index (κ2) is 5.91. The van der Waals surface area contributed by atoms with E-state index in [-0.39, 0.29) is 5.91 Å². The SMILES string of the molecule is O=C(NNc1ccc2ccccc2c1)c1cc2cc(Cl)ccc2[nH]1. The molecule has 5 heteroatoms. The van der Waals surface area contributed by atoms with Crippen LogP contribution in [0, 0.1) is 0 Å². The number of aromatic amines is 1. The lowest BCUT2D eigenvalue weighted by Gasteiger charge is -2.08. The summed E-state index contributed by atoms with van der Waals surface area (Å²) in [6, 6.07) is 21.2. The number of H-pyrrole nitrogens is 1. The molecule has 0 unspecified atom stereocenters. The molecule has 3 aromatic carbocycles. The lowest BCUT2D eigenvalue weighted by molar-refractivity contribution is 0.0958. The summed E-state index contributed by atoms with van der Waals surface area (Å²) in [5, 5.41) is 3.81. The van der Waals surface area contributed by atoms with Gasteiger partial charge in [-0.1, -0.05) is 41.9 Å². The summed E-state index contributed by atoms with van der Waals surface area (Å²) in [4.78, 5) is 15.4. The van der Waals surface area contributed by atoms with E-state index in [1.807, 2.05) is 54.6 Å². The number of hydrazine groups is 1. The maximum Gasteiger partial charge on any atom is 0.286 e. The number of benzene rings is 3. The quantitative estimate of drug-likeness (QED) is 0.474. The van der Waals surface area contributed by atoms with E-state index < -0.39 is 0 Å². The molecule has 0 saturated carbocycles. The van der Waals surface area contributed by atoms with Gasteiger partial charge in [-0.05, 0) is 47.2 Å². The monoisotopic (exact) mass is 335 g/mol. The standard InChI is InChI=1S/C19H14ClN3O/c20-15-6-8-17-14(9-15)11-18(21-17)19(24)23-22-16-7-5-12-3-1-2-4-13(12)10-16/h1-11,21-22H,(H,23,24). The average molecular weight is 336 g/mol. The molecule has 4 aromatic rings. The van der Waals surface area contributed by atoms with E-state index in [0.717, 1.165) is 27.4 Å². The summed E-state index contributed by atoms with van der Waals surface area (Å²) in [7, 11) is 0. The number of rotatable bonds is 3. The predicted molar refractivity (Wildman–Crippen MR) is 98.3 cm³/mol. The van der Waals surface area contributed by atoms with Crippen molar-refractivity contribution in [2.24, 2.45) is 0 Å². The van der Waals surface area contributed by atoms with Gasteiger partial charge in [0.25, 0.3) is 5.91 Å². The number of hydrogen-bond acceptors (Lipinski definition) is 2. The fourth-order valence-corrected chi connectivity index (χ4v) is 2.87. The molecule has 118 valence electrons. The van der Waals surface area contributed by atoms with Gasteiger partial charge in [-0.3, -0.25) is 15.6 Å². The number of amides is 1. The Morgan fingerprint density at radius 1 is 0.875 bits per heavy atom. The average Bonchev–Trinajstić information content (AvgIpc) is 3.02. The molecule has 0 radical (unpaired) electrons. The van der Waals surface area contributed by atoms with Crippen LogP contribution in [0.1, 0.15) is 10.5 Å². The Hall–Kier alpha value is -2.98. The highest BCUT2D eigenvalue weighted by Crippen LogP contribution is 2.21. The third-order valence-electron chi connectivity index (χ3n) is 3.90.